The molecule has 1 heterocycles. The summed E-state index contributed by atoms with van der Waals surface area (Å²) in [5.41, 5.74) is -0.553. The molecule has 0 radical (unpaired) electrons. The quantitative estimate of drug-likeness (QED) is 0.852. The van der Waals surface area contributed by atoms with Crippen molar-refractivity contribution < 1.29 is 5.11 Å². The van der Waals surface area contributed by atoms with E-state index in [9.17, 15) is 5.11 Å². The Morgan fingerprint density at radius 3 is 2.72 bits per heavy atom. The molecule has 0 spiro atoms. The molecule has 1 aromatic heterocycles. The maximum Gasteiger partial charge on any atom is 0.118 e. The summed E-state index contributed by atoms with van der Waals surface area (Å²) < 4.78 is 1.78. The van der Waals surface area contributed by atoms with E-state index in [0.717, 1.165) is 0 Å². The number of imidazole rings is 1. The first-order valence-electron chi connectivity index (χ1n) is 5.30. The zero-order valence-corrected chi connectivity index (χ0v) is 11.8. The van der Waals surface area contributed by atoms with Crippen molar-refractivity contribution in [2.24, 2.45) is 0 Å². The summed E-state index contributed by atoms with van der Waals surface area (Å²) >= 11 is 16.2. The van der Waals surface area contributed by atoms with E-state index in [4.69, 9.17) is 23.2 Å². The van der Waals surface area contributed by atoms with Gasteiger partial charge in [-0.25, -0.2) is 4.98 Å². The summed E-state index contributed by atoms with van der Waals surface area (Å²) in [6, 6.07) is 5.03. The molecular weight excluding hydrogens is 291 g/mol. The number of rotatable bonds is 4. The van der Waals surface area contributed by atoms with Gasteiger partial charge in [-0.05, 0) is 12.1 Å². The molecule has 0 aliphatic rings. The first-order chi connectivity index (χ1) is 8.55. The summed E-state index contributed by atoms with van der Waals surface area (Å²) in [4.78, 5) is 3.94. The zero-order valence-electron chi connectivity index (χ0n) is 9.42. The summed E-state index contributed by atoms with van der Waals surface area (Å²) in [5.74, 6) is 0.243. The van der Waals surface area contributed by atoms with Gasteiger partial charge in [0.05, 0.1) is 12.9 Å². The number of benzene rings is 1. The third-order valence-electron chi connectivity index (χ3n) is 2.70. The fourth-order valence-corrected chi connectivity index (χ4v) is 2.62. The second kappa shape index (κ2) is 5.53. The molecule has 1 unspecified atom stereocenters. The highest BCUT2D eigenvalue weighted by Gasteiger charge is 2.30. The largest absolute Gasteiger partial charge is 0.382 e. The summed E-state index contributed by atoms with van der Waals surface area (Å²) in [6.07, 6.45) is 5.07. The minimum Gasteiger partial charge on any atom is -0.382 e. The third-order valence-corrected chi connectivity index (χ3v) is 3.77. The Kier molecular flexibility index (Phi) is 4.22. The van der Waals surface area contributed by atoms with Crippen LogP contribution in [0.4, 0.5) is 0 Å². The highest BCUT2D eigenvalue weighted by molar-refractivity contribution is 7.80. The van der Waals surface area contributed by atoms with Gasteiger partial charge in [-0.2, -0.15) is 12.6 Å². The average Bonchev–Trinajstić information content (AvgIpc) is 2.81. The van der Waals surface area contributed by atoms with Gasteiger partial charge in [0.15, 0.2) is 0 Å². The summed E-state index contributed by atoms with van der Waals surface area (Å²) in [5, 5.41) is 11.6. The summed E-state index contributed by atoms with van der Waals surface area (Å²) in [7, 11) is 0. The molecular formula is C12H12Cl2N2OS. The second-order valence-corrected chi connectivity index (χ2v) is 5.21. The van der Waals surface area contributed by atoms with Gasteiger partial charge >= 0.3 is 0 Å². The Morgan fingerprint density at radius 1 is 1.39 bits per heavy atom. The maximum atomic E-state index is 10.7. The molecule has 1 aromatic carbocycles. The van der Waals surface area contributed by atoms with Crippen molar-refractivity contribution in [1.82, 2.24) is 9.55 Å². The van der Waals surface area contributed by atoms with Gasteiger partial charge in [-0.3, -0.25) is 0 Å². The normalized spacial score (nSPS) is 14.4. The number of hydrogen-bond donors (Lipinski definition) is 2. The highest BCUT2D eigenvalue weighted by atomic mass is 35.5. The van der Waals surface area contributed by atoms with Crippen molar-refractivity contribution >= 4 is 35.8 Å². The van der Waals surface area contributed by atoms with E-state index in [-0.39, 0.29) is 5.75 Å². The predicted molar refractivity (Wildman–Crippen MR) is 76.4 cm³/mol. The topological polar surface area (TPSA) is 38.0 Å². The molecule has 0 bridgehead atoms. The van der Waals surface area contributed by atoms with Crippen molar-refractivity contribution in [2.75, 3.05) is 5.75 Å². The summed E-state index contributed by atoms with van der Waals surface area (Å²) in [6.45, 7) is 0.331. The van der Waals surface area contributed by atoms with Gasteiger partial charge in [-0.1, -0.05) is 29.3 Å². The predicted octanol–water partition coefficient (Wildman–Crippen LogP) is 3.01. The molecule has 2 aromatic rings. The van der Waals surface area contributed by atoms with Crippen LogP contribution in [0.2, 0.25) is 10.0 Å². The lowest BCUT2D eigenvalue weighted by atomic mass is 9.95. The highest BCUT2D eigenvalue weighted by Crippen LogP contribution is 2.32. The van der Waals surface area contributed by atoms with Crippen molar-refractivity contribution in [3.8, 4) is 0 Å². The van der Waals surface area contributed by atoms with Gasteiger partial charge in [0.25, 0.3) is 0 Å². The number of aromatic nitrogens is 2. The van der Waals surface area contributed by atoms with Gasteiger partial charge in [0, 0.05) is 33.8 Å². The number of halogens is 2. The molecule has 0 saturated heterocycles. The number of hydrogen-bond acceptors (Lipinski definition) is 3. The van der Waals surface area contributed by atoms with E-state index in [1.165, 1.54) is 0 Å². The van der Waals surface area contributed by atoms with Gasteiger partial charge in [0.1, 0.15) is 5.60 Å². The minimum atomic E-state index is -1.16. The monoisotopic (exact) mass is 302 g/mol. The molecule has 0 aliphatic carbocycles. The van der Waals surface area contributed by atoms with Crippen molar-refractivity contribution in [3.05, 3.63) is 52.5 Å². The molecule has 0 saturated carbocycles. The number of thiol groups is 1. The van der Waals surface area contributed by atoms with Crippen LogP contribution < -0.4 is 0 Å². The maximum absolute atomic E-state index is 10.7. The molecule has 6 heteroatoms. The van der Waals surface area contributed by atoms with E-state index < -0.39 is 5.60 Å². The molecule has 0 aliphatic heterocycles. The van der Waals surface area contributed by atoms with E-state index in [1.807, 2.05) is 0 Å². The average molecular weight is 303 g/mol. The van der Waals surface area contributed by atoms with E-state index in [2.05, 4.69) is 17.6 Å². The van der Waals surface area contributed by atoms with E-state index >= 15 is 0 Å². The molecule has 1 atom stereocenters. The van der Waals surface area contributed by atoms with Crippen LogP contribution in [0.25, 0.3) is 0 Å². The Labute approximate surface area is 121 Å². The Hall–Kier alpha value is -0.680. The van der Waals surface area contributed by atoms with E-state index in [0.29, 0.717) is 22.2 Å². The molecule has 96 valence electrons. The lowest BCUT2D eigenvalue weighted by Crippen LogP contribution is -2.33. The lowest BCUT2D eigenvalue weighted by Gasteiger charge is -2.28. The Bertz CT molecular complexity index is 533. The van der Waals surface area contributed by atoms with Crippen LogP contribution in [-0.2, 0) is 12.1 Å². The zero-order chi connectivity index (χ0) is 13.2. The second-order valence-electron chi connectivity index (χ2n) is 4.05. The van der Waals surface area contributed by atoms with Crippen molar-refractivity contribution in [2.45, 2.75) is 12.1 Å². The van der Waals surface area contributed by atoms with Crippen LogP contribution in [0.5, 0.6) is 0 Å². The van der Waals surface area contributed by atoms with Crippen LogP contribution in [0.15, 0.2) is 36.9 Å². The third kappa shape index (κ3) is 2.83. The molecule has 0 amide bonds. The van der Waals surface area contributed by atoms with Crippen LogP contribution in [0.3, 0.4) is 0 Å². The van der Waals surface area contributed by atoms with Gasteiger partial charge in [0.2, 0.25) is 0 Å². The smallest absolute Gasteiger partial charge is 0.118 e. The first-order valence-corrected chi connectivity index (χ1v) is 6.68. The van der Waals surface area contributed by atoms with E-state index in [1.54, 1.807) is 41.5 Å². The van der Waals surface area contributed by atoms with Crippen LogP contribution in [-0.4, -0.2) is 20.4 Å². The minimum absolute atomic E-state index is 0.243. The lowest BCUT2D eigenvalue weighted by molar-refractivity contribution is 0.0439. The van der Waals surface area contributed by atoms with Crippen molar-refractivity contribution in [1.29, 1.82) is 0 Å². The SMILES string of the molecule is OC(CS)(Cn1ccnc1)c1ccc(Cl)cc1Cl. The van der Waals surface area contributed by atoms with Gasteiger partial charge in [-0.15, -0.1) is 0 Å². The molecule has 0 fully saturated rings. The van der Waals surface area contributed by atoms with Crippen LogP contribution in [0, 0.1) is 0 Å². The number of aliphatic hydroxyl groups is 1. The Morgan fingerprint density at radius 2 is 2.17 bits per heavy atom. The fourth-order valence-electron chi connectivity index (χ4n) is 1.77. The first kappa shape index (κ1) is 13.7. The van der Waals surface area contributed by atoms with Crippen LogP contribution >= 0.6 is 35.8 Å². The fraction of sp³-hybridized carbons (Fsp3) is 0.250. The standard InChI is InChI=1S/C12H12Cl2N2OS/c13-9-1-2-10(11(14)5-9)12(17,7-18)6-16-4-3-15-8-16/h1-5,8,17-18H,6-7H2. The van der Waals surface area contributed by atoms with Gasteiger partial charge < -0.3 is 9.67 Å². The molecule has 18 heavy (non-hydrogen) atoms. The number of nitrogens with zero attached hydrogens (tertiary/aromatic N) is 2. The van der Waals surface area contributed by atoms with Crippen LogP contribution in [0.1, 0.15) is 5.56 Å². The molecule has 1 N–H and O–H groups in total. The molecule has 3 nitrogen and oxygen atoms in total. The van der Waals surface area contributed by atoms with Crippen molar-refractivity contribution in [3.63, 3.8) is 0 Å². The molecule has 2 rings (SSSR count). The Balaban J connectivity index is 2.36.